The highest BCUT2D eigenvalue weighted by atomic mass is 16.6. The first-order valence-corrected chi connectivity index (χ1v) is 10.3. The second kappa shape index (κ2) is 8.07. The molecule has 6 nitrogen and oxygen atoms in total. The molecule has 0 radical (unpaired) electrons. The zero-order valence-corrected chi connectivity index (χ0v) is 17.2. The van der Waals surface area contributed by atoms with Crippen LogP contribution in [0.5, 0.6) is 0 Å². The molecule has 1 aliphatic carbocycles. The van der Waals surface area contributed by atoms with Crippen molar-refractivity contribution in [3.8, 4) is 16.8 Å². The number of nitrogens with zero attached hydrogens (tertiary/aromatic N) is 3. The number of carbonyl (C=O) groups excluding carboxylic acids is 1. The van der Waals surface area contributed by atoms with Crippen LogP contribution in [0.25, 0.3) is 16.8 Å². The second-order valence-corrected chi connectivity index (χ2v) is 7.60. The lowest BCUT2D eigenvalue weighted by Gasteiger charge is -2.15. The molecule has 5 rings (SSSR count). The van der Waals surface area contributed by atoms with Gasteiger partial charge in [-0.3, -0.25) is 5.32 Å². The van der Waals surface area contributed by atoms with Crippen LogP contribution in [0.3, 0.4) is 0 Å². The van der Waals surface area contributed by atoms with Crippen molar-refractivity contribution in [1.82, 2.24) is 15.0 Å². The fourth-order valence-corrected chi connectivity index (χ4v) is 4.00. The van der Waals surface area contributed by atoms with E-state index in [-0.39, 0.29) is 6.10 Å². The lowest BCUT2D eigenvalue weighted by molar-refractivity contribution is 0.111. The molecule has 154 valence electrons. The number of nitrogens with one attached hydrogen (secondary N) is 1. The summed E-state index contributed by atoms with van der Waals surface area (Å²) in [6.07, 6.45) is 0.977. The lowest BCUT2D eigenvalue weighted by Crippen LogP contribution is -2.19. The van der Waals surface area contributed by atoms with Gasteiger partial charge in [0.15, 0.2) is 5.82 Å². The van der Waals surface area contributed by atoms with Gasteiger partial charge in [-0.2, -0.15) is 4.68 Å². The van der Waals surface area contributed by atoms with E-state index in [0.717, 1.165) is 35.2 Å². The summed E-state index contributed by atoms with van der Waals surface area (Å²) in [6.45, 7) is 1.81. The van der Waals surface area contributed by atoms with Gasteiger partial charge in [0.25, 0.3) is 0 Å². The van der Waals surface area contributed by atoms with E-state index in [2.05, 4.69) is 33.8 Å². The van der Waals surface area contributed by atoms with E-state index in [1.54, 1.807) is 4.68 Å². The highest BCUT2D eigenvalue weighted by Gasteiger charge is 2.26. The topological polar surface area (TPSA) is 69.0 Å². The Bertz CT molecular complexity index is 1220. The van der Waals surface area contributed by atoms with Crippen LogP contribution in [-0.2, 0) is 11.2 Å². The molecule has 1 heterocycles. The largest absolute Gasteiger partial charge is 0.441 e. The maximum Gasteiger partial charge on any atom is 0.413 e. The van der Waals surface area contributed by atoms with E-state index in [1.165, 1.54) is 5.56 Å². The van der Waals surface area contributed by atoms with Gasteiger partial charge in [0.2, 0.25) is 0 Å². The molecule has 1 aromatic heterocycles. The summed E-state index contributed by atoms with van der Waals surface area (Å²) < 4.78 is 7.33. The number of hydrogen-bond acceptors (Lipinski definition) is 4. The molecule has 1 amide bonds. The zero-order chi connectivity index (χ0) is 21.2. The number of ether oxygens (including phenoxy) is 1. The Balaban J connectivity index is 1.34. The van der Waals surface area contributed by atoms with Crippen molar-refractivity contribution >= 4 is 11.9 Å². The molecule has 0 saturated heterocycles. The molecule has 0 spiro atoms. The Kier molecular flexibility index (Phi) is 4.96. The minimum Gasteiger partial charge on any atom is -0.441 e. The normalized spacial score (nSPS) is 14.8. The molecule has 1 N–H and O–H groups in total. The van der Waals surface area contributed by atoms with Crippen LogP contribution in [0, 0.1) is 6.92 Å². The van der Waals surface area contributed by atoms with Gasteiger partial charge < -0.3 is 4.74 Å². The van der Waals surface area contributed by atoms with E-state index in [0.29, 0.717) is 11.5 Å². The first-order valence-electron chi connectivity index (χ1n) is 10.3. The van der Waals surface area contributed by atoms with E-state index < -0.39 is 6.09 Å². The van der Waals surface area contributed by atoms with E-state index in [1.807, 2.05) is 67.6 Å². The summed E-state index contributed by atoms with van der Waals surface area (Å²) in [5, 5.41) is 11.2. The fraction of sp³-hybridized carbons (Fsp3) is 0.160. The van der Waals surface area contributed by atoms with Crippen LogP contribution in [-0.4, -0.2) is 21.1 Å². The number of carbonyl (C=O) groups is 1. The zero-order valence-electron chi connectivity index (χ0n) is 17.2. The SMILES string of the molecule is Cc1nnn(-c2ccc(-c3ccccc3)cc2)c1NC(=O)O[C@@H]1CCc2ccccc21. The minimum atomic E-state index is -0.505. The summed E-state index contributed by atoms with van der Waals surface area (Å²) in [5.74, 6) is 0.503. The molecule has 0 fully saturated rings. The standard InChI is InChI=1S/C25H22N4O2/c1-17-24(26-25(30)31-23-16-13-20-9-5-6-10-22(20)23)29(28-27-17)21-14-11-19(12-15-21)18-7-3-2-4-8-18/h2-12,14-15,23H,13,16H2,1H3,(H,26,30)/t23-/m1/s1. The number of benzene rings is 3. The van der Waals surface area contributed by atoms with Crippen LogP contribution >= 0.6 is 0 Å². The Morgan fingerprint density at radius 2 is 1.68 bits per heavy atom. The van der Waals surface area contributed by atoms with Crippen LogP contribution in [0.2, 0.25) is 0 Å². The van der Waals surface area contributed by atoms with Gasteiger partial charge in [-0.1, -0.05) is 71.9 Å². The highest BCUT2D eigenvalue weighted by molar-refractivity contribution is 5.84. The summed E-state index contributed by atoms with van der Waals surface area (Å²) >= 11 is 0. The molecule has 3 aromatic carbocycles. The quantitative estimate of drug-likeness (QED) is 0.484. The number of rotatable bonds is 4. The average molecular weight is 410 g/mol. The third-order valence-electron chi connectivity index (χ3n) is 5.61. The Morgan fingerprint density at radius 1 is 0.968 bits per heavy atom. The van der Waals surface area contributed by atoms with E-state index >= 15 is 0 Å². The number of anilines is 1. The number of aryl methyl sites for hydroxylation is 2. The lowest BCUT2D eigenvalue weighted by atomic mass is 10.1. The molecule has 0 unspecified atom stereocenters. The number of aromatic nitrogens is 3. The monoisotopic (exact) mass is 410 g/mol. The number of amides is 1. The van der Waals surface area contributed by atoms with Crippen molar-refractivity contribution < 1.29 is 9.53 Å². The summed E-state index contributed by atoms with van der Waals surface area (Å²) in [4.78, 5) is 12.6. The van der Waals surface area contributed by atoms with Crippen LogP contribution in [0.4, 0.5) is 10.6 Å². The number of hydrogen-bond donors (Lipinski definition) is 1. The Hall–Kier alpha value is -3.93. The first-order chi connectivity index (χ1) is 15.2. The molecule has 31 heavy (non-hydrogen) atoms. The van der Waals surface area contributed by atoms with Gasteiger partial charge in [0.1, 0.15) is 11.8 Å². The summed E-state index contributed by atoms with van der Waals surface area (Å²) in [6, 6.07) is 26.2. The summed E-state index contributed by atoms with van der Waals surface area (Å²) in [5.41, 5.74) is 5.99. The first kappa shape index (κ1) is 19.1. The third kappa shape index (κ3) is 3.80. The van der Waals surface area contributed by atoms with Gasteiger partial charge in [-0.05, 0) is 54.2 Å². The number of fused-ring (bicyclic) bond motifs is 1. The van der Waals surface area contributed by atoms with Gasteiger partial charge in [0.05, 0.1) is 5.69 Å². The molecule has 6 heteroatoms. The van der Waals surface area contributed by atoms with Crippen LogP contribution in [0.15, 0.2) is 78.9 Å². The van der Waals surface area contributed by atoms with Crippen LogP contribution in [0.1, 0.15) is 29.3 Å². The molecule has 1 atom stereocenters. The van der Waals surface area contributed by atoms with Crippen molar-refractivity contribution in [3.05, 3.63) is 95.7 Å². The Morgan fingerprint density at radius 3 is 2.48 bits per heavy atom. The van der Waals surface area contributed by atoms with Crippen molar-refractivity contribution in [2.45, 2.75) is 25.9 Å². The van der Waals surface area contributed by atoms with Crippen LogP contribution < -0.4 is 5.32 Å². The van der Waals surface area contributed by atoms with Gasteiger partial charge in [0, 0.05) is 0 Å². The predicted octanol–water partition coefficient (Wildman–Crippen LogP) is 5.48. The molecule has 1 aliphatic rings. The third-order valence-corrected chi connectivity index (χ3v) is 5.61. The van der Waals surface area contributed by atoms with Crippen molar-refractivity contribution in [3.63, 3.8) is 0 Å². The summed E-state index contributed by atoms with van der Waals surface area (Å²) in [7, 11) is 0. The van der Waals surface area contributed by atoms with Crippen molar-refractivity contribution in [2.24, 2.45) is 0 Å². The molecular formula is C25H22N4O2. The maximum absolute atomic E-state index is 12.6. The van der Waals surface area contributed by atoms with Gasteiger partial charge >= 0.3 is 6.09 Å². The minimum absolute atomic E-state index is 0.231. The fourth-order valence-electron chi connectivity index (χ4n) is 4.00. The molecular weight excluding hydrogens is 388 g/mol. The Labute approximate surface area is 180 Å². The van der Waals surface area contributed by atoms with E-state index in [9.17, 15) is 4.79 Å². The molecule has 0 saturated carbocycles. The smallest absolute Gasteiger partial charge is 0.413 e. The van der Waals surface area contributed by atoms with Crippen molar-refractivity contribution in [1.29, 1.82) is 0 Å². The van der Waals surface area contributed by atoms with Gasteiger partial charge in [-0.15, -0.1) is 5.10 Å². The van der Waals surface area contributed by atoms with E-state index in [4.69, 9.17) is 4.74 Å². The molecule has 0 bridgehead atoms. The highest BCUT2D eigenvalue weighted by Crippen LogP contribution is 2.34. The van der Waals surface area contributed by atoms with Crippen molar-refractivity contribution in [2.75, 3.05) is 5.32 Å². The maximum atomic E-state index is 12.6. The predicted molar refractivity (Wildman–Crippen MR) is 119 cm³/mol. The average Bonchev–Trinajstić information content (AvgIpc) is 3.38. The molecule has 0 aliphatic heterocycles. The molecule has 4 aromatic rings. The van der Waals surface area contributed by atoms with Gasteiger partial charge in [-0.25, -0.2) is 4.79 Å². The second-order valence-electron chi connectivity index (χ2n) is 7.60.